The van der Waals surface area contributed by atoms with Crippen molar-refractivity contribution in [1.82, 2.24) is 0 Å². The molecule has 2 amide bonds. The lowest BCUT2D eigenvalue weighted by atomic mass is 9.71. The van der Waals surface area contributed by atoms with Crippen molar-refractivity contribution in [2.45, 2.75) is 37.3 Å². The van der Waals surface area contributed by atoms with E-state index >= 15 is 0 Å². The first kappa shape index (κ1) is 21.3. The molecular weight excluding hydrogens is 445 g/mol. The largest absolute Gasteiger partial charge is 0.373 e. The Labute approximate surface area is 197 Å². The number of amides is 2. The van der Waals surface area contributed by atoms with Crippen LogP contribution in [0.2, 0.25) is 10.0 Å². The number of carbonyl (C=O) groups excluding carboxylic acids is 1. The number of urea groups is 1. The molecule has 1 saturated heterocycles. The van der Waals surface area contributed by atoms with Gasteiger partial charge in [-0.25, -0.2) is 4.79 Å². The maximum Gasteiger partial charge on any atom is 0.331 e. The lowest BCUT2D eigenvalue weighted by molar-refractivity contribution is -0.0536. The Morgan fingerprint density at radius 1 is 0.875 bits per heavy atom. The summed E-state index contributed by atoms with van der Waals surface area (Å²) < 4.78 is 6.14. The Balaban J connectivity index is 1.43. The number of carbonyl (C=O) groups is 1. The molecule has 5 nitrogen and oxygen atoms in total. The third kappa shape index (κ3) is 3.65. The first-order valence-electron chi connectivity index (χ1n) is 10.5. The first-order chi connectivity index (χ1) is 15.5. The van der Waals surface area contributed by atoms with Crippen LogP contribution in [0.3, 0.4) is 0 Å². The molecule has 0 bridgehead atoms. The second-order valence-corrected chi connectivity index (χ2v) is 9.19. The van der Waals surface area contributed by atoms with Crippen molar-refractivity contribution in [2.24, 2.45) is 5.73 Å². The maximum atomic E-state index is 13.6. The van der Waals surface area contributed by atoms with Crippen molar-refractivity contribution in [1.29, 1.82) is 0 Å². The summed E-state index contributed by atoms with van der Waals surface area (Å²) in [5.74, 6) is 0. The molecule has 0 aromatic heterocycles. The van der Waals surface area contributed by atoms with Crippen LogP contribution < -0.4 is 15.5 Å². The van der Waals surface area contributed by atoms with Gasteiger partial charge in [0.2, 0.25) is 0 Å². The van der Waals surface area contributed by atoms with Gasteiger partial charge in [0, 0.05) is 34.3 Å². The van der Waals surface area contributed by atoms with E-state index in [1.807, 2.05) is 59.5 Å². The van der Waals surface area contributed by atoms with E-state index in [1.165, 1.54) is 0 Å². The highest BCUT2D eigenvalue weighted by atomic mass is 35.5. The molecule has 2 fully saturated rings. The number of ether oxygens (including phenoxy) is 1. The van der Waals surface area contributed by atoms with E-state index in [9.17, 15) is 4.79 Å². The molecule has 7 heteroatoms. The number of hydrogen-bond acceptors (Lipinski definition) is 3. The molecule has 2 aliphatic rings. The minimum Gasteiger partial charge on any atom is -0.373 e. The second-order valence-electron chi connectivity index (χ2n) is 8.32. The zero-order chi connectivity index (χ0) is 22.3. The van der Waals surface area contributed by atoms with E-state index in [-0.39, 0.29) is 12.1 Å². The zero-order valence-corrected chi connectivity index (χ0v) is 18.8. The van der Waals surface area contributed by atoms with Crippen LogP contribution in [0.4, 0.5) is 16.2 Å². The highest BCUT2D eigenvalue weighted by Gasteiger charge is 2.63. The van der Waals surface area contributed by atoms with Crippen LogP contribution in [-0.4, -0.2) is 23.8 Å². The summed E-state index contributed by atoms with van der Waals surface area (Å²) in [6.45, 7) is 0.534. The maximum absolute atomic E-state index is 13.6. The van der Waals surface area contributed by atoms with Gasteiger partial charge in [-0.2, -0.15) is 0 Å². The summed E-state index contributed by atoms with van der Waals surface area (Å²) in [6, 6.07) is 24.4. The lowest BCUT2D eigenvalue weighted by Crippen LogP contribution is -2.66. The van der Waals surface area contributed by atoms with Crippen LogP contribution in [0.1, 0.15) is 18.4 Å². The molecule has 1 spiro atoms. The number of nitrogens with two attached hydrogens (primary N) is 1. The molecule has 1 saturated carbocycles. The van der Waals surface area contributed by atoms with Gasteiger partial charge in [-0.15, -0.1) is 0 Å². The van der Waals surface area contributed by atoms with Crippen molar-refractivity contribution >= 4 is 40.6 Å². The van der Waals surface area contributed by atoms with Gasteiger partial charge < -0.3 is 10.5 Å². The summed E-state index contributed by atoms with van der Waals surface area (Å²) in [5.41, 5.74) is 8.80. The topological polar surface area (TPSA) is 58.8 Å². The normalized spacial score (nSPS) is 24.8. The lowest BCUT2D eigenvalue weighted by Gasteiger charge is -2.51. The quantitative estimate of drug-likeness (QED) is 0.512. The molecule has 3 aromatic rings. The van der Waals surface area contributed by atoms with Crippen LogP contribution in [0, 0.1) is 0 Å². The van der Waals surface area contributed by atoms with Crippen LogP contribution in [-0.2, 0) is 11.3 Å². The van der Waals surface area contributed by atoms with Crippen molar-refractivity contribution < 1.29 is 9.53 Å². The smallest absolute Gasteiger partial charge is 0.331 e. The molecule has 1 atom stereocenters. The summed E-state index contributed by atoms with van der Waals surface area (Å²) in [7, 11) is 0. The van der Waals surface area contributed by atoms with Gasteiger partial charge in [-0.1, -0.05) is 53.5 Å². The molecule has 3 aromatic carbocycles. The summed E-state index contributed by atoms with van der Waals surface area (Å²) in [5, 5.41) is 1.22. The van der Waals surface area contributed by atoms with Gasteiger partial charge in [0.25, 0.3) is 0 Å². The van der Waals surface area contributed by atoms with Crippen LogP contribution in [0.25, 0.3) is 0 Å². The average Bonchev–Trinajstić information content (AvgIpc) is 3.00. The third-order valence-corrected chi connectivity index (χ3v) is 6.86. The number of nitrogens with zero attached hydrogens (tertiary/aromatic N) is 2. The van der Waals surface area contributed by atoms with E-state index in [1.54, 1.807) is 29.2 Å². The molecule has 5 rings (SSSR count). The minimum atomic E-state index is -0.564. The number of hydrogen-bond donors (Lipinski definition) is 1. The van der Waals surface area contributed by atoms with Crippen molar-refractivity contribution in [3.8, 4) is 0 Å². The average molecular weight is 468 g/mol. The zero-order valence-electron chi connectivity index (χ0n) is 17.3. The van der Waals surface area contributed by atoms with Crippen molar-refractivity contribution in [3.63, 3.8) is 0 Å². The van der Waals surface area contributed by atoms with Crippen molar-refractivity contribution in [2.75, 3.05) is 9.80 Å². The van der Waals surface area contributed by atoms with E-state index in [2.05, 4.69) is 0 Å². The molecular formula is C25H23Cl2N3O2. The Hall–Kier alpha value is -2.57. The van der Waals surface area contributed by atoms with Gasteiger partial charge in [-0.3, -0.25) is 9.80 Å². The minimum absolute atomic E-state index is 0.0222. The number of benzene rings is 3. The molecule has 0 radical (unpaired) electrons. The van der Waals surface area contributed by atoms with Crippen molar-refractivity contribution in [3.05, 3.63) is 94.5 Å². The second kappa shape index (κ2) is 8.41. The summed E-state index contributed by atoms with van der Waals surface area (Å²) in [4.78, 5) is 17.1. The van der Waals surface area contributed by atoms with E-state index < -0.39 is 11.7 Å². The Morgan fingerprint density at radius 3 is 2.03 bits per heavy atom. The fourth-order valence-electron chi connectivity index (χ4n) is 4.68. The van der Waals surface area contributed by atoms with Gasteiger partial charge in [-0.05, 0) is 54.1 Å². The highest BCUT2D eigenvalue weighted by Crippen LogP contribution is 2.50. The number of anilines is 2. The van der Waals surface area contributed by atoms with E-state index in [0.717, 1.165) is 16.9 Å². The molecule has 32 heavy (non-hydrogen) atoms. The summed E-state index contributed by atoms with van der Waals surface area (Å²) in [6.07, 6.45) is 0.802. The molecule has 2 N–H and O–H groups in total. The standard InChI is InChI=1S/C25H23Cl2N3O2/c26-18-6-10-20(11-7-18)29-23(28)25(30(24(29)31)21-12-8-19(27)9-13-21)14-22(15-25)32-16-17-4-2-1-3-5-17/h1-13,22-23H,14-16,28H2. The molecule has 1 aliphatic carbocycles. The van der Waals surface area contributed by atoms with Gasteiger partial charge in [0.1, 0.15) is 6.17 Å². The molecule has 1 aliphatic heterocycles. The van der Waals surface area contributed by atoms with Crippen LogP contribution >= 0.6 is 23.2 Å². The first-order valence-corrected chi connectivity index (χ1v) is 11.3. The molecule has 1 heterocycles. The van der Waals surface area contributed by atoms with E-state index in [0.29, 0.717) is 29.5 Å². The summed E-state index contributed by atoms with van der Waals surface area (Å²) >= 11 is 12.1. The van der Waals surface area contributed by atoms with Crippen LogP contribution in [0.5, 0.6) is 0 Å². The number of halogens is 2. The monoisotopic (exact) mass is 467 g/mol. The predicted molar refractivity (Wildman–Crippen MR) is 128 cm³/mol. The van der Waals surface area contributed by atoms with Crippen LogP contribution in [0.15, 0.2) is 78.9 Å². The fraction of sp³-hybridized carbons (Fsp3) is 0.240. The number of rotatable bonds is 5. The highest BCUT2D eigenvalue weighted by molar-refractivity contribution is 6.31. The Bertz CT molecular complexity index is 1100. The van der Waals surface area contributed by atoms with Gasteiger partial charge in [0.15, 0.2) is 0 Å². The van der Waals surface area contributed by atoms with Gasteiger partial charge in [0.05, 0.1) is 18.2 Å². The Morgan fingerprint density at radius 2 is 1.44 bits per heavy atom. The van der Waals surface area contributed by atoms with Gasteiger partial charge >= 0.3 is 6.03 Å². The molecule has 164 valence electrons. The fourth-order valence-corrected chi connectivity index (χ4v) is 4.93. The SMILES string of the molecule is NC1N(c2ccc(Cl)cc2)C(=O)N(c2ccc(Cl)cc2)C12CC(OCc1ccccc1)C2. The third-order valence-electron chi connectivity index (χ3n) is 6.35. The predicted octanol–water partition coefficient (Wildman–Crippen LogP) is 5.84. The Kier molecular flexibility index (Phi) is 5.59. The van der Waals surface area contributed by atoms with E-state index in [4.69, 9.17) is 33.7 Å². The molecule has 1 unspecified atom stereocenters.